The average molecular weight is 359 g/mol. The molecule has 0 saturated carbocycles. The lowest BCUT2D eigenvalue weighted by molar-refractivity contribution is 0.237. The van der Waals surface area contributed by atoms with Gasteiger partial charge in [0, 0.05) is 26.7 Å². The van der Waals surface area contributed by atoms with Crippen LogP contribution in [0, 0.1) is 5.92 Å². The first-order chi connectivity index (χ1) is 12.7. The van der Waals surface area contributed by atoms with Crippen molar-refractivity contribution in [1.82, 2.24) is 15.1 Å². The molecule has 1 N–H and O–H groups in total. The van der Waals surface area contributed by atoms with Crippen LogP contribution in [0.2, 0.25) is 0 Å². The van der Waals surface area contributed by atoms with Crippen LogP contribution in [0.4, 0.5) is 0 Å². The van der Waals surface area contributed by atoms with Gasteiger partial charge < -0.3 is 15.0 Å². The number of hydrogen-bond acceptors (Lipinski definition) is 3. The molecule has 0 radical (unpaired) electrons. The van der Waals surface area contributed by atoms with Crippen LogP contribution in [-0.2, 0) is 0 Å². The Kier molecular flexibility index (Phi) is 6.78. The fourth-order valence-electron chi connectivity index (χ4n) is 4.10. The van der Waals surface area contributed by atoms with Crippen LogP contribution in [0.15, 0.2) is 29.3 Å². The summed E-state index contributed by atoms with van der Waals surface area (Å²) in [6.07, 6.45) is 5.09. The molecule has 0 amide bonds. The highest BCUT2D eigenvalue weighted by atomic mass is 16.5. The molecular formula is C21H34N4O. The number of piperidine rings is 1. The molecular weight excluding hydrogens is 324 g/mol. The largest absolute Gasteiger partial charge is 0.497 e. The van der Waals surface area contributed by atoms with Gasteiger partial charge in [0.15, 0.2) is 5.96 Å². The standard InChI is InChI=1S/C21H34N4O/c1-17-9-13-25(14-10-17)21(22-2)23-16-20(24-11-4-5-12-24)18-7-6-8-19(15-18)26-3/h6-8,15,17,20H,4-5,9-14,16H2,1-3H3,(H,22,23). The molecule has 5 nitrogen and oxygen atoms in total. The summed E-state index contributed by atoms with van der Waals surface area (Å²) in [5, 5.41) is 3.66. The Hall–Kier alpha value is -1.75. The maximum atomic E-state index is 5.45. The Balaban J connectivity index is 1.69. The van der Waals surface area contributed by atoms with E-state index < -0.39 is 0 Å². The lowest BCUT2D eigenvalue weighted by Gasteiger charge is -2.35. The molecule has 2 fully saturated rings. The van der Waals surface area contributed by atoms with Crippen LogP contribution >= 0.6 is 0 Å². The Bertz CT molecular complexity index is 589. The van der Waals surface area contributed by atoms with Gasteiger partial charge in [-0.3, -0.25) is 9.89 Å². The van der Waals surface area contributed by atoms with Gasteiger partial charge in [-0.25, -0.2) is 0 Å². The number of guanidine groups is 1. The molecule has 2 aliphatic rings. The quantitative estimate of drug-likeness (QED) is 0.648. The van der Waals surface area contributed by atoms with Gasteiger partial charge in [0.2, 0.25) is 0 Å². The van der Waals surface area contributed by atoms with Gasteiger partial charge in [-0.15, -0.1) is 0 Å². The monoisotopic (exact) mass is 358 g/mol. The first-order valence-corrected chi connectivity index (χ1v) is 10.0. The van der Waals surface area contributed by atoms with E-state index in [2.05, 4.69) is 45.2 Å². The number of benzene rings is 1. The highest BCUT2D eigenvalue weighted by Crippen LogP contribution is 2.27. The van der Waals surface area contributed by atoms with Crippen molar-refractivity contribution in [2.75, 3.05) is 46.9 Å². The second-order valence-electron chi connectivity index (χ2n) is 7.63. The van der Waals surface area contributed by atoms with Crippen molar-refractivity contribution >= 4 is 5.96 Å². The first-order valence-electron chi connectivity index (χ1n) is 10.0. The van der Waals surface area contributed by atoms with Gasteiger partial charge in [0.1, 0.15) is 5.75 Å². The molecule has 0 bridgehead atoms. The molecule has 26 heavy (non-hydrogen) atoms. The van der Waals surface area contributed by atoms with E-state index in [1.807, 2.05) is 13.1 Å². The first kappa shape index (κ1) is 19.0. The second kappa shape index (κ2) is 9.26. The average Bonchev–Trinajstić information content (AvgIpc) is 3.21. The maximum absolute atomic E-state index is 5.45. The number of nitrogens with one attached hydrogen (secondary N) is 1. The minimum absolute atomic E-state index is 0.355. The van der Waals surface area contributed by atoms with Crippen molar-refractivity contribution in [3.8, 4) is 5.75 Å². The van der Waals surface area contributed by atoms with Gasteiger partial charge in [0.25, 0.3) is 0 Å². The Labute approximate surface area is 158 Å². The molecule has 2 saturated heterocycles. The van der Waals surface area contributed by atoms with Crippen LogP contribution in [0.5, 0.6) is 5.75 Å². The molecule has 2 aliphatic heterocycles. The second-order valence-corrected chi connectivity index (χ2v) is 7.63. The zero-order chi connectivity index (χ0) is 18.4. The lowest BCUT2D eigenvalue weighted by Crippen LogP contribution is -2.47. The fourth-order valence-corrected chi connectivity index (χ4v) is 4.10. The summed E-state index contributed by atoms with van der Waals surface area (Å²) in [6.45, 7) is 7.78. The number of rotatable bonds is 5. The Morgan fingerprint density at radius 3 is 2.62 bits per heavy atom. The highest BCUT2D eigenvalue weighted by Gasteiger charge is 2.25. The Morgan fingerprint density at radius 1 is 1.23 bits per heavy atom. The van der Waals surface area contributed by atoms with E-state index in [9.17, 15) is 0 Å². The van der Waals surface area contributed by atoms with Crippen molar-refractivity contribution in [3.63, 3.8) is 0 Å². The van der Waals surface area contributed by atoms with Crippen LogP contribution in [0.1, 0.15) is 44.2 Å². The molecule has 0 aromatic heterocycles. The minimum atomic E-state index is 0.355. The van der Waals surface area contributed by atoms with E-state index in [4.69, 9.17) is 4.74 Å². The number of methoxy groups -OCH3 is 1. The number of ether oxygens (including phenoxy) is 1. The van der Waals surface area contributed by atoms with Crippen molar-refractivity contribution in [2.24, 2.45) is 10.9 Å². The summed E-state index contributed by atoms with van der Waals surface area (Å²) in [6, 6.07) is 8.87. The zero-order valence-corrected chi connectivity index (χ0v) is 16.6. The van der Waals surface area contributed by atoms with E-state index in [1.54, 1.807) is 7.11 Å². The zero-order valence-electron chi connectivity index (χ0n) is 16.6. The van der Waals surface area contributed by atoms with Gasteiger partial charge in [0.05, 0.1) is 13.2 Å². The third kappa shape index (κ3) is 4.70. The lowest BCUT2D eigenvalue weighted by atomic mass is 9.99. The van der Waals surface area contributed by atoms with Crippen LogP contribution in [0.25, 0.3) is 0 Å². The molecule has 0 spiro atoms. The summed E-state index contributed by atoms with van der Waals surface area (Å²) < 4.78 is 5.45. The molecule has 5 heteroatoms. The number of nitrogens with zero attached hydrogens (tertiary/aromatic N) is 3. The van der Waals surface area contributed by atoms with E-state index in [0.29, 0.717) is 6.04 Å². The van der Waals surface area contributed by atoms with Gasteiger partial charge in [-0.1, -0.05) is 19.1 Å². The smallest absolute Gasteiger partial charge is 0.193 e. The normalized spacial score (nSPS) is 21.0. The van der Waals surface area contributed by atoms with Crippen molar-refractivity contribution < 1.29 is 4.74 Å². The predicted molar refractivity (Wildman–Crippen MR) is 108 cm³/mol. The van der Waals surface area contributed by atoms with Crippen molar-refractivity contribution in [3.05, 3.63) is 29.8 Å². The Morgan fingerprint density at radius 2 is 1.96 bits per heavy atom. The van der Waals surface area contributed by atoms with Gasteiger partial charge in [-0.05, 0) is 62.4 Å². The number of likely N-dealkylation sites (tertiary alicyclic amines) is 2. The summed E-state index contributed by atoms with van der Waals surface area (Å²) >= 11 is 0. The number of aliphatic imine (C=N–C) groups is 1. The minimum Gasteiger partial charge on any atom is -0.497 e. The molecule has 144 valence electrons. The van der Waals surface area contributed by atoms with Crippen molar-refractivity contribution in [2.45, 2.75) is 38.6 Å². The van der Waals surface area contributed by atoms with Crippen molar-refractivity contribution in [1.29, 1.82) is 0 Å². The van der Waals surface area contributed by atoms with Crippen LogP contribution in [0.3, 0.4) is 0 Å². The van der Waals surface area contributed by atoms with Crippen LogP contribution in [-0.4, -0.2) is 62.6 Å². The van der Waals surface area contributed by atoms with Crippen LogP contribution < -0.4 is 10.1 Å². The predicted octanol–water partition coefficient (Wildman–Crippen LogP) is 3.14. The molecule has 3 rings (SSSR count). The van der Waals surface area contributed by atoms with Gasteiger partial charge in [-0.2, -0.15) is 0 Å². The molecule has 1 aromatic rings. The SMILES string of the molecule is CN=C(NCC(c1cccc(OC)c1)N1CCCC1)N1CCC(C)CC1. The topological polar surface area (TPSA) is 40.1 Å². The molecule has 2 heterocycles. The molecule has 1 atom stereocenters. The maximum Gasteiger partial charge on any atom is 0.193 e. The van der Waals surface area contributed by atoms with Gasteiger partial charge >= 0.3 is 0 Å². The fraction of sp³-hybridized carbons (Fsp3) is 0.667. The summed E-state index contributed by atoms with van der Waals surface area (Å²) in [5.41, 5.74) is 1.32. The third-order valence-electron chi connectivity index (χ3n) is 5.81. The van der Waals surface area contributed by atoms with E-state index >= 15 is 0 Å². The summed E-state index contributed by atoms with van der Waals surface area (Å²) in [7, 11) is 3.64. The molecule has 1 aromatic carbocycles. The third-order valence-corrected chi connectivity index (χ3v) is 5.81. The highest BCUT2D eigenvalue weighted by molar-refractivity contribution is 5.80. The van der Waals surface area contributed by atoms with E-state index in [1.165, 1.54) is 44.3 Å². The molecule has 0 aliphatic carbocycles. The summed E-state index contributed by atoms with van der Waals surface area (Å²) in [4.78, 5) is 9.55. The van der Waals surface area contributed by atoms with E-state index in [-0.39, 0.29) is 0 Å². The van der Waals surface area contributed by atoms with E-state index in [0.717, 1.165) is 37.3 Å². The molecule has 1 unspecified atom stereocenters. The summed E-state index contributed by atoms with van der Waals surface area (Å²) in [5.74, 6) is 2.81. The number of hydrogen-bond donors (Lipinski definition) is 1.